The molecular formula is C16H24N2O. The molecule has 1 aliphatic rings. The van der Waals surface area contributed by atoms with Gasteiger partial charge in [0.1, 0.15) is 0 Å². The molecular weight excluding hydrogens is 236 g/mol. The highest BCUT2D eigenvalue weighted by Crippen LogP contribution is 2.23. The van der Waals surface area contributed by atoms with Crippen molar-refractivity contribution in [1.29, 1.82) is 0 Å². The lowest BCUT2D eigenvalue weighted by atomic mass is 10.0. The Kier molecular flexibility index (Phi) is 4.59. The van der Waals surface area contributed by atoms with Crippen LogP contribution in [0, 0.1) is 5.92 Å². The highest BCUT2D eigenvalue weighted by Gasteiger charge is 2.19. The molecule has 0 fully saturated rings. The van der Waals surface area contributed by atoms with E-state index < -0.39 is 0 Å². The Bertz CT molecular complexity index is 452. The first-order chi connectivity index (χ1) is 9.15. The molecule has 0 spiro atoms. The van der Waals surface area contributed by atoms with Crippen LogP contribution in [0.15, 0.2) is 18.2 Å². The second-order valence-electron chi connectivity index (χ2n) is 5.49. The molecule has 0 radical (unpaired) electrons. The molecule has 3 nitrogen and oxygen atoms in total. The molecule has 0 aliphatic heterocycles. The average Bonchev–Trinajstić information content (AvgIpc) is 2.87. The molecule has 0 bridgehead atoms. The first kappa shape index (κ1) is 14.1. The molecule has 0 heterocycles. The van der Waals surface area contributed by atoms with Crippen molar-refractivity contribution in [3.63, 3.8) is 0 Å². The number of nitrogens with two attached hydrogens (primary N) is 1. The molecule has 1 atom stereocenters. The van der Waals surface area contributed by atoms with Crippen molar-refractivity contribution in [2.75, 3.05) is 13.6 Å². The Morgan fingerprint density at radius 1 is 1.37 bits per heavy atom. The SMILES string of the molecule is CCC(CN)C(=O)N(C)Cc1ccc2c(c1)CCC2. The van der Waals surface area contributed by atoms with Crippen LogP contribution in [0.3, 0.4) is 0 Å². The third-order valence-electron chi connectivity index (χ3n) is 4.09. The largest absolute Gasteiger partial charge is 0.341 e. The van der Waals surface area contributed by atoms with Crippen molar-refractivity contribution < 1.29 is 4.79 Å². The van der Waals surface area contributed by atoms with Crippen LogP contribution in [0.1, 0.15) is 36.5 Å². The van der Waals surface area contributed by atoms with Gasteiger partial charge in [-0.2, -0.15) is 0 Å². The van der Waals surface area contributed by atoms with E-state index >= 15 is 0 Å². The normalized spacial score (nSPS) is 15.1. The molecule has 1 amide bonds. The van der Waals surface area contributed by atoms with Gasteiger partial charge in [0.2, 0.25) is 5.91 Å². The van der Waals surface area contributed by atoms with E-state index in [0.29, 0.717) is 13.1 Å². The maximum Gasteiger partial charge on any atom is 0.226 e. The third kappa shape index (κ3) is 3.16. The maximum absolute atomic E-state index is 12.2. The first-order valence-electron chi connectivity index (χ1n) is 7.21. The summed E-state index contributed by atoms with van der Waals surface area (Å²) in [5.41, 5.74) is 9.81. The molecule has 1 aromatic rings. The van der Waals surface area contributed by atoms with Crippen molar-refractivity contribution in [2.24, 2.45) is 11.7 Å². The number of benzene rings is 1. The minimum atomic E-state index is -0.0422. The van der Waals surface area contributed by atoms with Gasteiger partial charge in [-0.1, -0.05) is 25.1 Å². The van der Waals surface area contributed by atoms with Gasteiger partial charge in [-0.3, -0.25) is 4.79 Å². The smallest absolute Gasteiger partial charge is 0.226 e. The zero-order valence-corrected chi connectivity index (χ0v) is 12.0. The Morgan fingerprint density at radius 3 is 2.79 bits per heavy atom. The zero-order chi connectivity index (χ0) is 13.8. The van der Waals surface area contributed by atoms with E-state index in [1.54, 1.807) is 4.90 Å². The van der Waals surface area contributed by atoms with Crippen molar-refractivity contribution in [1.82, 2.24) is 4.90 Å². The number of amides is 1. The summed E-state index contributed by atoms with van der Waals surface area (Å²) >= 11 is 0. The van der Waals surface area contributed by atoms with Crippen LogP contribution < -0.4 is 5.73 Å². The fourth-order valence-corrected chi connectivity index (χ4v) is 2.83. The number of rotatable bonds is 5. The molecule has 19 heavy (non-hydrogen) atoms. The van der Waals surface area contributed by atoms with Crippen LogP contribution in [0.5, 0.6) is 0 Å². The highest BCUT2D eigenvalue weighted by molar-refractivity contribution is 5.78. The molecule has 0 saturated carbocycles. The van der Waals surface area contributed by atoms with Crippen molar-refractivity contribution in [2.45, 2.75) is 39.2 Å². The molecule has 1 aromatic carbocycles. The lowest BCUT2D eigenvalue weighted by molar-refractivity contribution is -0.134. The number of carbonyl (C=O) groups excluding carboxylic acids is 1. The summed E-state index contributed by atoms with van der Waals surface area (Å²) < 4.78 is 0. The number of hydrogen-bond acceptors (Lipinski definition) is 2. The molecule has 0 saturated heterocycles. The monoisotopic (exact) mass is 260 g/mol. The van der Waals surface area contributed by atoms with E-state index in [-0.39, 0.29) is 11.8 Å². The molecule has 1 aliphatic carbocycles. The van der Waals surface area contributed by atoms with Gasteiger partial charge in [0, 0.05) is 20.1 Å². The fraction of sp³-hybridized carbons (Fsp3) is 0.562. The number of fused-ring (bicyclic) bond motifs is 1. The van der Waals surface area contributed by atoms with Gasteiger partial charge in [-0.05, 0) is 42.4 Å². The number of hydrogen-bond donors (Lipinski definition) is 1. The van der Waals surface area contributed by atoms with Gasteiger partial charge in [0.05, 0.1) is 5.92 Å². The van der Waals surface area contributed by atoms with Crippen LogP contribution >= 0.6 is 0 Å². The summed E-state index contributed by atoms with van der Waals surface area (Å²) in [6, 6.07) is 6.63. The number of nitrogens with zero attached hydrogens (tertiary/aromatic N) is 1. The van der Waals surface area contributed by atoms with Gasteiger partial charge < -0.3 is 10.6 Å². The molecule has 1 unspecified atom stereocenters. The van der Waals surface area contributed by atoms with E-state index in [1.165, 1.54) is 36.0 Å². The number of carbonyl (C=O) groups is 1. The lowest BCUT2D eigenvalue weighted by Crippen LogP contribution is -2.35. The maximum atomic E-state index is 12.2. The Balaban J connectivity index is 2.02. The van der Waals surface area contributed by atoms with Crippen molar-refractivity contribution in [3.05, 3.63) is 34.9 Å². The highest BCUT2D eigenvalue weighted by atomic mass is 16.2. The van der Waals surface area contributed by atoms with Gasteiger partial charge >= 0.3 is 0 Å². The Labute approximate surface area is 115 Å². The Morgan fingerprint density at radius 2 is 2.11 bits per heavy atom. The second kappa shape index (κ2) is 6.20. The molecule has 3 heteroatoms. The van der Waals surface area contributed by atoms with Crippen LogP contribution in [0.2, 0.25) is 0 Å². The summed E-state index contributed by atoms with van der Waals surface area (Å²) in [5.74, 6) is 0.116. The molecule has 0 aromatic heterocycles. The minimum absolute atomic E-state index is 0.0422. The van der Waals surface area contributed by atoms with E-state index in [0.717, 1.165) is 6.42 Å². The predicted molar refractivity (Wildman–Crippen MR) is 77.8 cm³/mol. The average molecular weight is 260 g/mol. The summed E-state index contributed by atoms with van der Waals surface area (Å²) in [6.45, 7) is 3.13. The fourth-order valence-electron chi connectivity index (χ4n) is 2.83. The molecule has 2 rings (SSSR count). The molecule has 104 valence electrons. The minimum Gasteiger partial charge on any atom is -0.341 e. The lowest BCUT2D eigenvalue weighted by Gasteiger charge is -2.22. The van der Waals surface area contributed by atoms with Gasteiger partial charge in [-0.15, -0.1) is 0 Å². The van der Waals surface area contributed by atoms with E-state index in [4.69, 9.17) is 5.73 Å². The number of aryl methyl sites for hydroxylation is 2. The van der Waals surface area contributed by atoms with Crippen molar-refractivity contribution in [3.8, 4) is 0 Å². The van der Waals surface area contributed by atoms with Crippen LogP contribution in [0.4, 0.5) is 0 Å². The van der Waals surface area contributed by atoms with Crippen molar-refractivity contribution >= 4 is 5.91 Å². The summed E-state index contributed by atoms with van der Waals surface area (Å²) in [5, 5.41) is 0. The summed E-state index contributed by atoms with van der Waals surface area (Å²) in [6.07, 6.45) is 4.46. The van der Waals surface area contributed by atoms with Crippen LogP contribution in [-0.2, 0) is 24.2 Å². The van der Waals surface area contributed by atoms with E-state index in [9.17, 15) is 4.79 Å². The Hall–Kier alpha value is -1.35. The van der Waals surface area contributed by atoms with E-state index in [1.807, 2.05) is 14.0 Å². The van der Waals surface area contributed by atoms with E-state index in [2.05, 4.69) is 18.2 Å². The van der Waals surface area contributed by atoms with Gasteiger partial charge in [0.25, 0.3) is 0 Å². The summed E-state index contributed by atoms with van der Waals surface area (Å²) in [4.78, 5) is 14.0. The zero-order valence-electron chi connectivity index (χ0n) is 12.0. The first-order valence-corrected chi connectivity index (χ1v) is 7.21. The van der Waals surface area contributed by atoms with Gasteiger partial charge in [-0.25, -0.2) is 0 Å². The van der Waals surface area contributed by atoms with Gasteiger partial charge in [0.15, 0.2) is 0 Å². The third-order valence-corrected chi connectivity index (χ3v) is 4.09. The van der Waals surface area contributed by atoms with Crippen LogP contribution in [0.25, 0.3) is 0 Å². The second-order valence-corrected chi connectivity index (χ2v) is 5.49. The predicted octanol–water partition coefficient (Wildman–Crippen LogP) is 2.12. The molecule has 2 N–H and O–H groups in total. The standard InChI is InChI=1S/C16H24N2O/c1-3-13(10-17)16(19)18(2)11-12-7-8-14-5-4-6-15(14)9-12/h7-9,13H,3-6,10-11,17H2,1-2H3. The topological polar surface area (TPSA) is 46.3 Å². The summed E-state index contributed by atoms with van der Waals surface area (Å²) in [7, 11) is 1.87. The van der Waals surface area contributed by atoms with Crippen LogP contribution in [-0.4, -0.2) is 24.4 Å². The quantitative estimate of drug-likeness (QED) is 0.881.